The highest BCUT2D eigenvalue weighted by Crippen LogP contribution is 2.00. The van der Waals surface area contributed by atoms with Crippen molar-refractivity contribution in [3.8, 4) is 0 Å². The van der Waals surface area contributed by atoms with Gasteiger partial charge in [-0.3, -0.25) is 0 Å². The highest BCUT2D eigenvalue weighted by molar-refractivity contribution is 4.54. The molecular weight excluding hydrogens is 176 g/mol. The molecular formula is C11H26N2O. The van der Waals surface area contributed by atoms with Crippen LogP contribution in [-0.2, 0) is 0 Å². The lowest BCUT2D eigenvalue weighted by molar-refractivity contribution is 0.267. The van der Waals surface area contributed by atoms with Gasteiger partial charge in [-0.2, -0.15) is 0 Å². The van der Waals surface area contributed by atoms with Crippen molar-refractivity contribution in [2.75, 3.05) is 47.4 Å². The Labute approximate surface area is 88.7 Å². The number of rotatable bonds is 9. The van der Waals surface area contributed by atoms with Crippen LogP contribution in [0, 0.1) is 0 Å². The van der Waals surface area contributed by atoms with Crippen LogP contribution in [-0.4, -0.2) is 62.3 Å². The first-order valence-corrected chi connectivity index (χ1v) is 5.61. The van der Waals surface area contributed by atoms with Crippen molar-refractivity contribution in [1.82, 2.24) is 9.80 Å². The van der Waals surface area contributed by atoms with Gasteiger partial charge in [-0.05, 0) is 40.5 Å². The fourth-order valence-corrected chi connectivity index (χ4v) is 1.33. The maximum absolute atomic E-state index is 8.60. The summed E-state index contributed by atoms with van der Waals surface area (Å²) in [4.78, 5) is 4.58. The summed E-state index contributed by atoms with van der Waals surface area (Å²) >= 11 is 0. The van der Waals surface area contributed by atoms with Crippen molar-refractivity contribution in [2.24, 2.45) is 0 Å². The fourth-order valence-electron chi connectivity index (χ4n) is 1.33. The van der Waals surface area contributed by atoms with Crippen LogP contribution in [0.4, 0.5) is 0 Å². The van der Waals surface area contributed by atoms with Crippen molar-refractivity contribution < 1.29 is 5.11 Å². The molecule has 0 aromatic carbocycles. The minimum Gasteiger partial charge on any atom is -0.396 e. The molecule has 0 spiro atoms. The summed E-state index contributed by atoms with van der Waals surface area (Å²) in [6.07, 6.45) is 4.62. The van der Waals surface area contributed by atoms with E-state index in [-0.39, 0.29) is 0 Å². The summed E-state index contributed by atoms with van der Waals surface area (Å²) in [7, 11) is 6.39. The van der Waals surface area contributed by atoms with E-state index in [0.717, 1.165) is 25.9 Å². The first kappa shape index (κ1) is 13.9. The molecule has 0 aromatic rings. The molecule has 0 aromatic heterocycles. The van der Waals surface area contributed by atoms with Gasteiger partial charge >= 0.3 is 0 Å². The van der Waals surface area contributed by atoms with E-state index in [2.05, 4.69) is 30.9 Å². The molecule has 14 heavy (non-hydrogen) atoms. The molecule has 0 bridgehead atoms. The highest BCUT2D eigenvalue weighted by Gasteiger charge is 1.98. The van der Waals surface area contributed by atoms with Crippen molar-refractivity contribution >= 4 is 0 Å². The van der Waals surface area contributed by atoms with Gasteiger partial charge in [0.15, 0.2) is 0 Å². The predicted molar refractivity (Wildman–Crippen MR) is 61.6 cm³/mol. The normalized spacial score (nSPS) is 11.6. The SMILES string of the molecule is CN(C)CCN(C)CCCCCCO. The maximum atomic E-state index is 8.60. The van der Waals surface area contributed by atoms with E-state index < -0.39 is 0 Å². The second-order valence-electron chi connectivity index (χ2n) is 4.24. The second kappa shape index (κ2) is 9.44. The Hall–Kier alpha value is -0.120. The van der Waals surface area contributed by atoms with Crippen molar-refractivity contribution in [2.45, 2.75) is 25.7 Å². The lowest BCUT2D eigenvalue weighted by atomic mass is 10.2. The zero-order valence-electron chi connectivity index (χ0n) is 10.00. The van der Waals surface area contributed by atoms with Gasteiger partial charge < -0.3 is 14.9 Å². The number of hydrogen-bond acceptors (Lipinski definition) is 3. The minimum atomic E-state index is 0.344. The third-order valence-corrected chi connectivity index (χ3v) is 2.38. The summed E-state index contributed by atoms with van der Waals surface area (Å²) in [5.41, 5.74) is 0. The van der Waals surface area contributed by atoms with E-state index in [1.54, 1.807) is 0 Å². The van der Waals surface area contributed by atoms with E-state index in [1.165, 1.54) is 19.4 Å². The van der Waals surface area contributed by atoms with Gasteiger partial charge in [-0.15, -0.1) is 0 Å². The predicted octanol–water partition coefficient (Wildman–Crippen LogP) is 1.03. The summed E-state index contributed by atoms with van der Waals surface area (Å²) < 4.78 is 0. The molecule has 3 nitrogen and oxygen atoms in total. The number of likely N-dealkylation sites (N-methyl/N-ethyl adjacent to an activating group) is 2. The van der Waals surface area contributed by atoms with Crippen LogP contribution in [0.5, 0.6) is 0 Å². The van der Waals surface area contributed by atoms with Crippen LogP contribution < -0.4 is 0 Å². The van der Waals surface area contributed by atoms with Gasteiger partial charge in [0, 0.05) is 19.7 Å². The van der Waals surface area contributed by atoms with Crippen LogP contribution in [0.15, 0.2) is 0 Å². The lowest BCUT2D eigenvalue weighted by Gasteiger charge is -2.18. The van der Waals surface area contributed by atoms with Crippen LogP contribution in [0.25, 0.3) is 0 Å². The molecule has 0 radical (unpaired) electrons. The standard InChI is InChI=1S/C11H26N2O/c1-12(2)9-10-13(3)8-6-4-5-7-11-14/h14H,4-11H2,1-3H3. The summed E-state index contributed by atoms with van der Waals surface area (Å²) in [6.45, 7) is 3.80. The van der Waals surface area contributed by atoms with Crippen LogP contribution in [0.1, 0.15) is 25.7 Å². The quantitative estimate of drug-likeness (QED) is 0.566. The van der Waals surface area contributed by atoms with Crippen molar-refractivity contribution in [3.63, 3.8) is 0 Å². The molecule has 0 aliphatic heterocycles. The van der Waals surface area contributed by atoms with E-state index >= 15 is 0 Å². The van der Waals surface area contributed by atoms with Gasteiger partial charge in [-0.1, -0.05) is 12.8 Å². The zero-order valence-corrected chi connectivity index (χ0v) is 10.00. The van der Waals surface area contributed by atoms with E-state index in [9.17, 15) is 0 Å². The summed E-state index contributed by atoms with van der Waals surface area (Å²) in [6, 6.07) is 0. The molecule has 0 fully saturated rings. The Bertz CT molecular complexity index is 118. The molecule has 86 valence electrons. The van der Waals surface area contributed by atoms with E-state index in [4.69, 9.17) is 5.11 Å². The molecule has 1 N–H and O–H groups in total. The summed E-state index contributed by atoms with van der Waals surface area (Å²) in [5, 5.41) is 8.60. The van der Waals surface area contributed by atoms with Gasteiger partial charge in [0.2, 0.25) is 0 Å². The average molecular weight is 202 g/mol. The van der Waals surface area contributed by atoms with Gasteiger partial charge in [0.05, 0.1) is 0 Å². The fraction of sp³-hybridized carbons (Fsp3) is 1.00. The van der Waals surface area contributed by atoms with E-state index in [0.29, 0.717) is 6.61 Å². The number of nitrogens with zero attached hydrogens (tertiary/aromatic N) is 2. The Morgan fingerprint density at radius 1 is 0.786 bits per heavy atom. The Balaban J connectivity index is 3.14. The van der Waals surface area contributed by atoms with Gasteiger partial charge in [0.1, 0.15) is 0 Å². The number of hydrogen-bond donors (Lipinski definition) is 1. The Morgan fingerprint density at radius 3 is 2.00 bits per heavy atom. The molecule has 0 saturated carbocycles. The molecule has 0 saturated heterocycles. The molecule has 0 amide bonds. The van der Waals surface area contributed by atoms with Crippen molar-refractivity contribution in [3.05, 3.63) is 0 Å². The Morgan fingerprint density at radius 2 is 1.43 bits per heavy atom. The molecule has 0 rings (SSSR count). The molecule has 0 unspecified atom stereocenters. The summed E-state index contributed by atoms with van der Waals surface area (Å²) in [5.74, 6) is 0. The van der Waals surface area contributed by atoms with Crippen LogP contribution >= 0.6 is 0 Å². The molecule has 0 atom stereocenters. The molecule has 0 aliphatic carbocycles. The van der Waals surface area contributed by atoms with Gasteiger partial charge in [0.25, 0.3) is 0 Å². The molecule has 0 aliphatic rings. The number of unbranched alkanes of at least 4 members (excludes halogenated alkanes) is 3. The number of aliphatic hydroxyl groups is 1. The first-order chi connectivity index (χ1) is 6.66. The average Bonchev–Trinajstić information content (AvgIpc) is 2.14. The third-order valence-electron chi connectivity index (χ3n) is 2.38. The third kappa shape index (κ3) is 9.96. The zero-order chi connectivity index (χ0) is 10.8. The van der Waals surface area contributed by atoms with Crippen LogP contribution in [0.2, 0.25) is 0 Å². The molecule has 0 heterocycles. The molecule has 3 heteroatoms. The monoisotopic (exact) mass is 202 g/mol. The first-order valence-electron chi connectivity index (χ1n) is 5.61. The largest absolute Gasteiger partial charge is 0.396 e. The number of aliphatic hydroxyl groups excluding tert-OH is 1. The second-order valence-corrected chi connectivity index (χ2v) is 4.24. The van der Waals surface area contributed by atoms with Crippen molar-refractivity contribution in [1.29, 1.82) is 0 Å². The topological polar surface area (TPSA) is 26.7 Å². The van der Waals surface area contributed by atoms with Crippen LogP contribution in [0.3, 0.4) is 0 Å². The highest BCUT2D eigenvalue weighted by atomic mass is 16.2. The smallest absolute Gasteiger partial charge is 0.0431 e. The maximum Gasteiger partial charge on any atom is 0.0431 e. The van der Waals surface area contributed by atoms with E-state index in [1.807, 2.05) is 0 Å². The van der Waals surface area contributed by atoms with Gasteiger partial charge in [-0.25, -0.2) is 0 Å². The minimum absolute atomic E-state index is 0.344. The lowest BCUT2D eigenvalue weighted by Crippen LogP contribution is -2.29. The Kier molecular flexibility index (Phi) is 9.35.